The molecule has 2 aromatic rings. The fourth-order valence-electron chi connectivity index (χ4n) is 1.97. The van der Waals surface area contributed by atoms with Crippen LogP contribution in [-0.2, 0) is 11.8 Å². The Kier molecular flexibility index (Phi) is 7.95. The number of methoxy groups -OCH3 is 1. The number of nitrogens with zero attached hydrogens (tertiary/aromatic N) is 2. The van der Waals surface area contributed by atoms with Crippen LogP contribution in [0, 0.1) is 0 Å². The van der Waals surface area contributed by atoms with E-state index in [1.54, 1.807) is 18.4 Å². The normalized spacial score (nSPS) is 11.8. The molecule has 1 heterocycles. The van der Waals surface area contributed by atoms with Gasteiger partial charge in [0.05, 0.1) is 23.5 Å². The van der Waals surface area contributed by atoms with Crippen molar-refractivity contribution < 1.29 is 4.74 Å². The predicted molar refractivity (Wildman–Crippen MR) is 113 cm³/mol. The van der Waals surface area contributed by atoms with Crippen molar-refractivity contribution >= 4 is 47.0 Å². The summed E-state index contributed by atoms with van der Waals surface area (Å²) in [4.78, 5) is 9.01. The fraction of sp³-hybridized carbons (Fsp3) is 0.412. The average molecular weight is 460 g/mol. The number of nitrogens with two attached hydrogens (primary N) is 1. The maximum absolute atomic E-state index is 5.93. The Hall–Kier alpha value is -1.35. The number of guanidine groups is 1. The number of rotatable bonds is 5. The highest BCUT2D eigenvalue weighted by atomic mass is 127. The highest BCUT2D eigenvalue weighted by Crippen LogP contribution is 2.24. The van der Waals surface area contributed by atoms with E-state index >= 15 is 0 Å². The zero-order chi connectivity index (χ0) is 16.9. The fourth-order valence-corrected chi connectivity index (χ4v) is 2.98. The van der Waals surface area contributed by atoms with Crippen LogP contribution in [0.2, 0.25) is 0 Å². The summed E-state index contributed by atoms with van der Waals surface area (Å²) in [5, 5.41) is 6.27. The lowest BCUT2D eigenvalue weighted by atomic mass is 9.93. The number of anilines is 1. The van der Waals surface area contributed by atoms with Gasteiger partial charge in [-0.3, -0.25) is 4.99 Å². The summed E-state index contributed by atoms with van der Waals surface area (Å²) in [5.41, 5.74) is 7.95. The van der Waals surface area contributed by atoms with E-state index < -0.39 is 0 Å². The summed E-state index contributed by atoms with van der Waals surface area (Å²) in [6, 6.07) is 7.60. The van der Waals surface area contributed by atoms with Crippen LogP contribution in [0.4, 0.5) is 5.69 Å². The van der Waals surface area contributed by atoms with Crippen LogP contribution in [0.15, 0.2) is 34.6 Å². The Balaban J connectivity index is 0.00000288. The number of benzene rings is 1. The van der Waals surface area contributed by atoms with E-state index in [9.17, 15) is 0 Å². The molecule has 132 valence electrons. The van der Waals surface area contributed by atoms with E-state index in [4.69, 9.17) is 10.5 Å². The van der Waals surface area contributed by atoms with Crippen molar-refractivity contribution in [3.05, 3.63) is 40.3 Å². The molecule has 24 heavy (non-hydrogen) atoms. The molecular weight excluding hydrogens is 435 g/mol. The molecule has 0 aliphatic carbocycles. The van der Waals surface area contributed by atoms with Gasteiger partial charge in [0.15, 0.2) is 5.96 Å². The van der Waals surface area contributed by atoms with E-state index in [-0.39, 0.29) is 29.4 Å². The number of hydrogen-bond donors (Lipinski definition) is 2. The Bertz CT molecular complexity index is 679. The Labute approximate surface area is 164 Å². The third-order valence-electron chi connectivity index (χ3n) is 3.30. The zero-order valence-corrected chi connectivity index (χ0v) is 17.6. The van der Waals surface area contributed by atoms with Crippen LogP contribution in [-0.4, -0.2) is 24.6 Å². The first-order valence-corrected chi connectivity index (χ1v) is 8.43. The highest BCUT2D eigenvalue weighted by Gasteiger charge is 2.17. The number of ether oxygens (including phenoxy) is 1. The van der Waals surface area contributed by atoms with E-state index in [2.05, 4.69) is 41.4 Å². The quantitative estimate of drug-likeness (QED) is 0.402. The molecule has 1 aromatic carbocycles. The van der Waals surface area contributed by atoms with Gasteiger partial charge in [-0.15, -0.1) is 35.3 Å². The van der Waals surface area contributed by atoms with E-state index in [0.29, 0.717) is 12.5 Å². The molecule has 0 saturated heterocycles. The average Bonchev–Trinajstić information content (AvgIpc) is 2.97. The summed E-state index contributed by atoms with van der Waals surface area (Å²) in [5.74, 6) is 1.11. The van der Waals surface area contributed by atoms with Gasteiger partial charge in [-0.1, -0.05) is 32.9 Å². The summed E-state index contributed by atoms with van der Waals surface area (Å²) in [6.45, 7) is 7.10. The highest BCUT2D eigenvalue weighted by molar-refractivity contribution is 14.0. The van der Waals surface area contributed by atoms with Crippen molar-refractivity contribution in [2.24, 2.45) is 10.7 Å². The molecule has 0 bridgehead atoms. The van der Waals surface area contributed by atoms with Gasteiger partial charge in [0.1, 0.15) is 5.75 Å². The molecule has 0 radical (unpaired) electrons. The molecule has 5 nitrogen and oxygen atoms in total. The lowest BCUT2D eigenvalue weighted by Gasteiger charge is -2.14. The van der Waals surface area contributed by atoms with Crippen molar-refractivity contribution in [3.8, 4) is 5.75 Å². The molecule has 7 heteroatoms. The molecule has 3 N–H and O–H groups in total. The third-order valence-corrected chi connectivity index (χ3v) is 4.21. The van der Waals surface area contributed by atoms with Crippen LogP contribution in [0.3, 0.4) is 0 Å². The maximum Gasteiger partial charge on any atom is 0.193 e. The molecule has 1 aromatic heterocycles. The maximum atomic E-state index is 5.93. The van der Waals surface area contributed by atoms with Crippen LogP contribution in [0.5, 0.6) is 5.75 Å². The van der Waals surface area contributed by atoms with Crippen molar-refractivity contribution in [1.82, 2.24) is 4.98 Å². The zero-order valence-electron chi connectivity index (χ0n) is 14.5. The van der Waals surface area contributed by atoms with Gasteiger partial charge < -0.3 is 15.8 Å². The van der Waals surface area contributed by atoms with Gasteiger partial charge in [-0.2, -0.15) is 0 Å². The second-order valence-electron chi connectivity index (χ2n) is 6.22. The largest absolute Gasteiger partial charge is 0.495 e. The molecular formula is C17H25IN4OS. The summed E-state index contributed by atoms with van der Waals surface area (Å²) >= 11 is 1.68. The van der Waals surface area contributed by atoms with Gasteiger partial charge in [0.25, 0.3) is 0 Å². The first-order valence-electron chi connectivity index (χ1n) is 7.55. The van der Waals surface area contributed by atoms with Gasteiger partial charge in [0, 0.05) is 23.8 Å². The smallest absolute Gasteiger partial charge is 0.193 e. The molecule has 0 fully saturated rings. The minimum absolute atomic E-state index is 0. The van der Waals surface area contributed by atoms with Crippen LogP contribution in [0.25, 0.3) is 0 Å². The molecule has 0 aliphatic heterocycles. The first-order chi connectivity index (χ1) is 10.9. The van der Waals surface area contributed by atoms with E-state index in [1.165, 1.54) is 0 Å². The standard InChI is InChI=1S/C17H24N4OS.HI/c1-17(2,3)14-11-23-15(21-14)9-10-19-16(18)20-12-7-5-6-8-13(12)22-4;/h5-8,11H,9-10H2,1-4H3,(H3,18,19,20);1H. The van der Waals surface area contributed by atoms with Gasteiger partial charge in [-0.05, 0) is 12.1 Å². The summed E-state index contributed by atoms with van der Waals surface area (Å²) in [6.07, 6.45) is 0.787. The van der Waals surface area contributed by atoms with Gasteiger partial charge in [0.2, 0.25) is 0 Å². The molecule has 0 aliphatic rings. The molecule has 0 amide bonds. The second-order valence-corrected chi connectivity index (χ2v) is 7.16. The van der Waals surface area contributed by atoms with Gasteiger partial charge in [-0.25, -0.2) is 4.98 Å². The number of aliphatic imine (C=N–C) groups is 1. The number of halogens is 1. The summed E-state index contributed by atoms with van der Waals surface area (Å²) < 4.78 is 5.27. The Morgan fingerprint density at radius 1 is 1.33 bits per heavy atom. The van der Waals surface area contributed by atoms with Crippen LogP contribution in [0.1, 0.15) is 31.5 Å². The Morgan fingerprint density at radius 3 is 2.67 bits per heavy atom. The summed E-state index contributed by atoms with van der Waals surface area (Å²) in [7, 11) is 1.63. The van der Waals surface area contributed by atoms with Crippen molar-refractivity contribution in [3.63, 3.8) is 0 Å². The number of para-hydroxylation sites is 2. The molecule has 0 saturated carbocycles. The van der Waals surface area contributed by atoms with Crippen LogP contribution >= 0.6 is 35.3 Å². The molecule has 0 unspecified atom stereocenters. The van der Waals surface area contributed by atoms with Crippen molar-refractivity contribution in [2.75, 3.05) is 19.0 Å². The van der Waals surface area contributed by atoms with E-state index in [1.807, 2.05) is 24.3 Å². The van der Waals surface area contributed by atoms with Crippen LogP contribution < -0.4 is 15.8 Å². The predicted octanol–water partition coefficient (Wildman–Crippen LogP) is 4.04. The topological polar surface area (TPSA) is 72.5 Å². The molecule has 2 rings (SSSR count). The molecule has 0 spiro atoms. The third kappa shape index (κ3) is 5.94. The van der Waals surface area contributed by atoms with E-state index in [0.717, 1.165) is 28.6 Å². The SMILES string of the molecule is COc1ccccc1NC(N)=NCCc1nc(C(C)(C)C)cs1.I. The van der Waals surface area contributed by atoms with Gasteiger partial charge >= 0.3 is 0 Å². The first kappa shape index (κ1) is 20.7. The Morgan fingerprint density at radius 2 is 2.04 bits per heavy atom. The number of nitrogens with one attached hydrogen (secondary N) is 1. The number of aromatic nitrogens is 1. The lowest BCUT2D eigenvalue weighted by Crippen LogP contribution is -2.23. The minimum Gasteiger partial charge on any atom is -0.495 e. The van der Waals surface area contributed by atoms with Crippen molar-refractivity contribution in [2.45, 2.75) is 32.6 Å². The number of hydrogen-bond acceptors (Lipinski definition) is 4. The monoisotopic (exact) mass is 460 g/mol. The van der Waals surface area contributed by atoms with Crippen molar-refractivity contribution in [1.29, 1.82) is 0 Å². The minimum atomic E-state index is 0. The number of thiazole rings is 1. The second kappa shape index (κ2) is 9.22. The lowest BCUT2D eigenvalue weighted by molar-refractivity contribution is 0.417. The molecule has 0 atom stereocenters.